The highest BCUT2D eigenvalue weighted by molar-refractivity contribution is 5.29. The first-order chi connectivity index (χ1) is 8.09. The van der Waals surface area contributed by atoms with Crippen LogP contribution in [0, 0.1) is 36.3 Å². The molecular weight excluding hydrogens is 222 g/mol. The van der Waals surface area contributed by atoms with Crippen molar-refractivity contribution in [3.8, 4) is 0 Å². The van der Waals surface area contributed by atoms with E-state index >= 15 is 0 Å². The molecule has 1 aromatic carbocycles. The van der Waals surface area contributed by atoms with E-state index in [9.17, 15) is 13.9 Å². The number of aryl methyl sites for hydroxylation is 1. The van der Waals surface area contributed by atoms with Crippen molar-refractivity contribution < 1.29 is 13.9 Å². The van der Waals surface area contributed by atoms with Gasteiger partial charge in [-0.05, 0) is 55.2 Å². The summed E-state index contributed by atoms with van der Waals surface area (Å²) in [6.07, 6.45) is 2.63. The van der Waals surface area contributed by atoms with Gasteiger partial charge >= 0.3 is 0 Å². The summed E-state index contributed by atoms with van der Waals surface area (Å²) in [4.78, 5) is 0. The summed E-state index contributed by atoms with van der Waals surface area (Å²) < 4.78 is 27.1. The summed E-state index contributed by atoms with van der Waals surface area (Å²) in [5, 5.41) is 10.2. The van der Waals surface area contributed by atoms with E-state index in [0.29, 0.717) is 11.8 Å². The van der Waals surface area contributed by atoms with Crippen molar-refractivity contribution in [2.24, 2.45) is 17.8 Å². The predicted octanol–water partition coefficient (Wildman–Crippen LogP) is 3.35. The highest BCUT2D eigenvalue weighted by Gasteiger charge is 2.56. The van der Waals surface area contributed by atoms with Gasteiger partial charge in [-0.25, -0.2) is 8.78 Å². The molecule has 1 nitrogen and oxygen atoms in total. The van der Waals surface area contributed by atoms with Crippen LogP contribution in [0.2, 0.25) is 0 Å². The minimum Gasteiger partial charge on any atom is -0.388 e. The Kier molecular flexibility index (Phi) is 2.47. The number of aliphatic hydroxyl groups excluding tert-OH is 1. The van der Waals surface area contributed by atoms with E-state index in [1.165, 1.54) is 19.4 Å². The summed E-state index contributed by atoms with van der Waals surface area (Å²) in [6, 6.07) is 2.33. The molecule has 3 unspecified atom stereocenters. The number of benzene rings is 1. The smallest absolute Gasteiger partial charge is 0.129 e. The van der Waals surface area contributed by atoms with E-state index in [-0.39, 0.29) is 17.0 Å². The molecule has 3 atom stereocenters. The summed E-state index contributed by atoms with van der Waals surface area (Å²) in [5.74, 6) is 0.301. The van der Waals surface area contributed by atoms with Crippen molar-refractivity contribution in [2.45, 2.75) is 32.3 Å². The van der Waals surface area contributed by atoms with Crippen molar-refractivity contribution >= 4 is 0 Å². The van der Waals surface area contributed by atoms with Crippen molar-refractivity contribution in [1.29, 1.82) is 0 Å². The molecule has 3 rings (SSSR count). The van der Waals surface area contributed by atoms with Crippen LogP contribution in [0.1, 0.15) is 36.5 Å². The van der Waals surface area contributed by atoms with Crippen LogP contribution in [0.25, 0.3) is 0 Å². The Bertz CT molecular complexity index is 448. The lowest BCUT2D eigenvalue weighted by molar-refractivity contribution is 0.132. The molecule has 0 heterocycles. The Balaban J connectivity index is 1.87. The minimum absolute atomic E-state index is 0.132. The van der Waals surface area contributed by atoms with Gasteiger partial charge in [-0.15, -0.1) is 0 Å². The van der Waals surface area contributed by atoms with Crippen molar-refractivity contribution in [3.05, 3.63) is 34.9 Å². The van der Waals surface area contributed by atoms with Crippen LogP contribution in [-0.4, -0.2) is 5.11 Å². The maximum absolute atomic E-state index is 13.7. The highest BCUT2D eigenvalue weighted by Crippen LogP contribution is 2.62. The van der Waals surface area contributed by atoms with Crippen molar-refractivity contribution in [3.63, 3.8) is 0 Å². The van der Waals surface area contributed by atoms with Crippen LogP contribution in [-0.2, 0) is 0 Å². The number of aliphatic hydroxyl groups is 1. The zero-order valence-electron chi connectivity index (χ0n) is 9.79. The van der Waals surface area contributed by atoms with E-state index in [0.717, 1.165) is 18.9 Å². The SMILES string of the molecule is Cc1cc(F)c(C(O)C2C3CCCC32)cc1F. The molecule has 0 spiro atoms. The molecule has 2 aliphatic rings. The number of hydrogen-bond donors (Lipinski definition) is 1. The second kappa shape index (κ2) is 3.77. The molecule has 2 fully saturated rings. The molecule has 1 aromatic rings. The fraction of sp³-hybridized carbons (Fsp3) is 0.571. The third-order valence-corrected chi connectivity index (χ3v) is 4.43. The van der Waals surface area contributed by atoms with E-state index < -0.39 is 17.7 Å². The molecule has 2 saturated carbocycles. The van der Waals surface area contributed by atoms with Crippen LogP contribution in [0.5, 0.6) is 0 Å². The number of rotatable bonds is 2. The average Bonchev–Trinajstić information content (AvgIpc) is 2.76. The van der Waals surface area contributed by atoms with Crippen molar-refractivity contribution in [1.82, 2.24) is 0 Å². The molecule has 0 amide bonds. The van der Waals surface area contributed by atoms with Gasteiger partial charge in [0.1, 0.15) is 11.6 Å². The predicted molar refractivity (Wildman–Crippen MR) is 60.4 cm³/mol. The zero-order valence-corrected chi connectivity index (χ0v) is 9.79. The zero-order chi connectivity index (χ0) is 12.2. The van der Waals surface area contributed by atoms with Crippen LogP contribution in [0.15, 0.2) is 12.1 Å². The molecule has 17 heavy (non-hydrogen) atoms. The van der Waals surface area contributed by atoms with Gasteiger partial charge in [-0.1, -0.05) is 6.42 Å². The first kappa shape index (κ1) is 11.1. The summed E-state index contributed by atoms with van der Waals surface area (Å²) in [6.45, 7) is 1.53. The third kappa shape index (κ3) is 1.68. The standard InChI is InChI=1S/C14H16F2O/c1-7-5-12(16)10(6-11(7)15)14(17)13-8-3-2-4-9(8)13/h5-6,8-9,13-14,17H,2-4H2,1H3. The van der Waals surface area contributed by atoms with E-state index in [1.807, 2.05) is 0 Å². The van der Waals surface area contributed by atoms with Crippen LogP contribution in [0.3, 0.4) is 0 Å². The van der Waals surface area contributed by atoms with Crippen molar-refractivity contribution in [2.75, 3.05) is 0 Å². The number of hydrogen-bond acceptors (Lipinski definition) is 1. The van der Waals surface area contributed by atoms with Gasteiger partial charge in [0.05, 0.1) is 6.10 Å². The summed E-state index contributed by atoms with van der Waals surface area (Å²) in [5.41, 5.74) is 0.418. The molecule has 3 heteroatoms. The Morgan fingerprint density at radius 2 is 1.82 bits per heavy atom. The monoisotopic (exact) mass is 238 g/mol. The van der Waals surface area contributed by atoms with Crippen LogP contribution >= 0.6 is 0 Å². The molecule has 0 aliphatic heterocycles. The molecule has 0 saturated heterocycles. The Morgan fingerprint density at radius 1 is 1.18 bits per heavy atom. The first-order valence-electron chi connectivity index (χ1n) is 6.23. The molecule has 2 aliphatic carbocycles. The Morgan fingerprint density at radius 3 is 2.47 bits per heavy atom. The fourth-order valence-electron chi connectivity index (χ4n) is 3.44. The molecule has 0 radical (unpaired) electrons. The second-order valence-corrected chi connectivity index (χ2v) is 5.40. The minimum atomic E-state index is -0.833. The lowest BCUT2D eigenvalue weighted by atomic mass is 9.98. The van der Waals surface area contributed by atoms with Gasteiger partial charge in [-0.2, -0.15) is 0 Å². The largest absolute Gasteiger partial charge is 0.388 e. The number of fused-ring (bicyclic) bond motifs is 1. The molecule has 1 N–H and O–H groups in total. The lowest BCUT2D eigenvalue weighted by Crippen LogP contribution is -2.08. The van der Waals surface area contributed by atoms with E-state index in [1.54, 1.807) is 0 Å². The summed E-state index contributed by atoms with van der Waals surface area (Å²) >= 11 is 0. The van der Waals surface area contributed by atoms with Gasteiger partial charge in [0.2, 0.25) is 0 Å². The first-order valence-corrected chi connectivity index (χ1v) is 6.23. The van der Waals surface area contributed by atoms with Gasteiger partial charge in [0, 0.05) is 5.56 Å². The van der Waals surface area contributed by atoms with E-state index in [4.69, 9.17) is 0 Å². The molecule has 0 aromatic heterocycles. The van der Waals surface area contributed by atoms with Gasteiger partial charge in [0.25, 0.3) is 0 Å². The van der Waals surface area contributed by atoms with Gasteiger partial charge in [0.15, 0.2) is 0 Å². The second-order valence-electron chi connectivity index (χ2n) is 5.40. The fourth-order valence-corrected chi connectivity index (χ4v) is 3.44. The Hall–Kier alpha value is -0.960. The average molecular weight is 238 g/mol. The van der Waals surface area contributed by atoms with Gasteiger partial charge < -0.3 is 5.11 Å². The molecule has 92 valence electrons. The van der Waals surface area contributed by atoms with Gasteiger partial charge in [-0.3, -0.25) is 0 Å². The highest BCUT2D eigenvalue weighted by atomic mass is 19.1. The Labute approximate surface area is 99.5 Å². The van der Waals surface area contributed by atoms with E-state index in [2.05, 4.69) is 0 Å². The lowest BCUT2D eigenvalue weighted by Gasteiger charge is -2.14. The maximum atomic E-state index is 13.7. The summed E-state index contributed by atoms with van der Waals surface area (Å²) in [7, 11) is 0. The molecule has 0 bridgehead atoms. The quantitative estimate of drug-likeness (QED) is 0.837. The van der Waals surface area contributed by atoms with Crippen LogP contribution in [0.4, 0.5) is 8.78 Å². The number of halogens is 2. The third-order valence-electron chi connectivity index (χ3n) is 4.43. The normalized spacial score (nSPS) is 32.4. The molecular formula is C14H16F2O. The topological polar surface area (TPSA) is 20.2 Å². The van der Waals surface area contributed by atoms with Crippen LogP contribution < -0.4 is 0 Å². The maximum Gasteiger partial charge on any atom is 0.129 e.